The molecule has 5 nitrogen and oxygen atoms in total. The fourth-order valence-corrected chi connectivity index (χ4v) is 3.20. The molecule has 0 aromatic heterocycles. The molecule has 3 aromatic rings. The van der Waals surface area contributed by atoms with Crippen molar-refractivity contribution in [3.8, 4) is 22.6 Å². The van der Waals surface area contributed by atoms with Gasteiger partial charge in [-0.3, -0.25) is 9.59 Å². The Morgan fingerprint density at radius 2 is 1.69 bits per heavy atom. The van der Waals surface area contributed by atoms with Gasteiger partial charge in [0.25, 0.3) is 0 Å². The van der Waals surface area contributed by atoms with Crippen LogP contribution in [0.15, 0.2) is 66.7 Å². The predicted octanol–water partition coefficient (Wildman–Crippen LogP) is 4.74. The van der Waals surface area contributed by atoms with E-state index in [-0.39, 0.29) is 5.78 Å². The fourth-order valence-electron chi connectivity index (χ4n) is 3.20. The SMILES string of the molecule is COc1ccc(C(C)=O)c(OCc2ccccc2)c1-c1ccccc1N(C)C=O. The third-order valence-corrected chi connectivity index (χ3v) is 4.66. The summed E-state index contributed by atoms with van der Waals surface area (Å²) in [5.41, 5.74) is 3.51. The van der Waals surface area contributed by atoms with Gasteiger partial charge in [0.1, 0.15) is 18.1 Å². The van der Waals surface area contributed by atoms with Crippen molar-refractivity contribution >= 4 is 17.9 Å². The van der Waals surface area contributed by atoms with Crippen molar-refractivity contribution in [1.29, 1.82) is 0 Å². The van der Waals surface area contributed by atoms with Crippen LogP contribution < -0.4 is 14.4 Å². The Bertz CT molecular complexity index is 1010. The lowest BCUT2D eigenvalue weighted by atomic mass is 9.96. The average molecular weight is 389 g/mol. The van der Waals surface area contributed by atoms with E-state index in [4.69, 9.17) is 9.47 Å². The first-order valence-corrected chi connectivity index (χ1v) is 9.23. The van der Waals surface area contributed by atoms with E-state index >= 15 is 0 Å². The van der Waals surface area contributed by atoms with E-state index in [0.29, 0.717) is 34.9 Å². The van der Waals surface area contributed by atoms with Crippen LogP contribution in [0.3, 0.4) is 0 Å². The summed E-state index contributed by atoms with van der Waals surface area (Å²) in [7, 11) is 3.25. The monoisotopic (exact) mass is 389 g/mol. The molecule has 0 N–H and O–H groups in total. The number of benzene rings is 3. The van der Waals surface area contributed by atoms with Crippen LogP contribution in [0, 0.1) is 0 Å². The third-order valence-electron chi connectivity index (χ3n) is 4.66. The van der Waals surface area contributed by atoms with E-state index in [9.17, 15) is 9.59 Å². The number of hydrogen-bond acceptors (Lipinski definition) is 4. The Morgan fingerprint density at radius 3 is 2.34 bits per heavy atom. The zero-order valence-corrected chi connectivity index (χ0v) is 16.7. The number of ketones is 1. The number of ether oxygens (including phenoxy) is 2. The van der Waals surface area contributed by atoms with Crippen LogP contribution in [0.4, 0.5) is 5.69 Å². The highest BCUT2D eigenvalue weighted by Crippen LogP contribution is 2.45. The minimum atomic E-state index is -0.113. The second kappa shape index (κ2) is 9.06. The van der Waals surface area contributed by atoms with Crippen molar-refractivity contribution in [3.05, 3.63) is 77.9 Å². The maximum Gasteiger partial charge on any atom is 0.213 e. The molecule has 1 amide bonds. The summed E-state index contributed by atoms with van der Waals surface area (Å²) in [6.07, 6.45) is 0.741. The maximum atomic E-state index is 12.3. The number of methoxy groups -OCH3 is 1. The molecule has 0 spiro atoms. The molecule has 0 aliphatic carbocycles. The summed E-state index contributed by atoms with van der Waals surface area (Å²) in [4.78, 5) is 25.3. The van der Waals surface area contributed by atoms with E-state index in [0.717, 1.165) is 17.5 Å². The number of amides is 1. The van der Waals surface area contributed by atoms with Crippen molar-refractivity contribution < 1.29 is 19.1 Å². The molecule has 0 saturated carbocycles. The first kappa shape index (κ1) is 20.1. The van der Waals surface area contributed by atoms with E-state index in [2.05, 4.69) is 0 Å². The van der Waals surface area contributed by atoms with Crippen LogP contribution in [-0.4, -0.2) is 26.4 Å². The molecule has 0 unspecified atom stereocenters. The number of hydrogen-bond donors (Lipinski definition) is 0. The summed E-state index contributed by atoms with van der Waals surface area (Å²) < 4.78 is 11.8. The van der Waals surface area contributed by atoms with Crippen molar-refractivity contribution in [2.75, 3.05) is 19.1 Å². The lowest BCUT2D eigenvalue weighted by Gasteiger charge is -2.22. The molecule has 0 aliphatic heterocycles. The van der Waals surface area contributed by atoms with Gasteiger partial charge in [0.05, 0.1) is 23.9 Å². The minimum absolute atomic E-state index is 0.113. The predicted molar refractivity (Wildman–Crippen MR) is 114 cm³/mol. The number of carbonyl (C=O) groups is 2. The highest BCUT2D eigenvalue weighted by Gasteiger charge is 2.22. The molecule has 0 heterocycles. The van der Waals surface area contributed by atoms with Gasteiger partial charge in [-0.05, 0) is 30.7 Å². The van der Waals surface area contributed by atoms with Crippen molar-refractivity contribution in [2.45, 2.75) is 13.5 Å². The zero-order valence-electron chi connectivity index (χ0n) is 16.7. The second-order valence-electron chi connectivity index (χ2n) is 6.58. The quantitative estimate of drug-likeness (QED) is 0.413. The van der Waals surface area contributed by atoms with Crippen LogP contribution in [0.5, 0.6) is 11.5 Å². The molecule has 3 rings (SSSR count). The van der Waals surface area contributed by atoms with Crippen LogP contribution in [-0.2, 0) is 11.4 Å². The van der Waals surface area contributed by atoms with Crippen molar-refractivity contribution in [1.82, 2.24) is 0 Å². The zero-order chi connectivity index (χ0) is 20.8. The topological polar surface area (TPSA) is 55.8 Å². The molecule has 0 radical (unpaired) electrons. The van der Waals surface area contributed by atoms with Gasteiger partial charge in [0.2, 0.25) is 6.41 Å². The second-order valence-corrected chi connectivity index (χ2v) is 6.58. The number of rotatable bonds is 8. The standard InChI is InChI=1S/C24H23NO4/c1-17(27)19-13-14-22(28-3)23(20-11-7-8-12-21(20)25(2)16-26)24(19)29-15-18-9-5-4-6-10-18/h4-14,16H,15H2,1-3H3. The minimum Gasteiger partial charge on any atom is -0.496 e. The van der Waals surface area contributed by atoms with Gasteiger partial charge in [-0.1, -0.05) is 48.5 Å². The number of nitrogens with zero attached hydrogens (tertiary/aromatic N) is 1. The maximum absolute atomic E-state index is 12.3. The highest BCUT2D eigenvalue weighted by atomic mass is 16.5. The van der Waals surface area contributed by atoms with E-state index < -0.39 is 0 Å². The first-order valence-electron chi connectivity index (χ1n) is 9.23. The van der Waals surface area contributed by atoms with E-state index in [1.54, 1.807) is 26.3 Å². The molecule has 148 valence electrons. The molecule has 5 heteroatoms. The summed E-state index contributed by atoms with van der Waals surface area (Å²) in [5.74, 6) is 0.885. The van der Waals surface area contributed by atoms with Gasteiger partial charge < -0.3 is 14.4 Å². The Balaban J connectivity index is 2.21. The van der Waals surface area contributed by atoms with Crippen molar-refractivity contribution in [2.24, 2.45) is 0 Å². The third kappa shape index (κ3) is 4.29. The summed E-state index contributed by atoms with van der Waals surface area (Å²) in [6, 6.07) is 20.6. The number of para-hydroxylation sites is 1. The largest absolute Gasteiger partial charge is 0.496 e. The molecule has 3 aromatic carbocycles. The van der Waals surface area contributed by atoms with Crippen LogP contribution in [0.1, 0.15) is 22.8 Å². The van der Waals surface area contributed by atoms with E-state index in [1.165, 1.54) is 11.8 Å². The number of carbonyl (C=O) groups excluding carboxylic acids is 2. The molecule has 0 saturated heterocycles. The Labute approximate surface area is 170 Å². The van der Waals surface area contributed by atoms with Gasteiger partial charge in [-0.25, -0.2) is 0 Å². The highest BCUT2D eigenvalue weighted by molar-refractivity contribution is 6.02. The Hall–Kier alpha value is -3.60. The number of anilines is 1. The molecule has 0 bridgehead atoms. The average Bonchev–Trinajstić information content (AvgIpc) is 2.76. The molecule has 0 aliphatic rings. The molecular weight excluding hydrogens is 366 g/mol. The fraction of sp³-hybridized carbons (Fsp3) is 0.167. The van der Waals surface area contributed by atoms with Crippen LogP contribution in [0.2, 0.25) is 0 Å². The molecule has 29 heavy (non-hydrogen) atoms. The normalized spacial score (nSPS) is 10.3. The van der Waals surface area contributed by atoms with E-state index in [1.807, 2.05) is 54.6 Å². The summed E-state index contributed by atoms with van der Waals surface area (Å²) in [5, 5.41) is 0. The molecular formula is C24H23NO4. The van der Waals surface area contributed by atoms with Gasteiger partial charge >= 0.3 is 0 Å². The van der Waals surface area contributed by atoms with Gasteiger partial charge in [-0.2, -0.15) is 0 Å². The molecule has 0 fully saturated rings. The van der Waals surface area contributed by atoms with Crippen LogP contribution >= 0.6 is 0 Å². The van der Waals surface area contributed by atoms with Gasteiger partial charge in [0.15, 0.2) is 5.78 Å². The summed E-state index contributed by atoms with van der Waals surface area (Å²) in [6.45, 7) is 1.80. The lowest BCUT2D eigenvalue weighted by Crippen LogP contribution is -2.15. The van der Waals surface area contributed by atoms with Gasteiger partial charge in [0, 0.05) is 12.6 Å². The van der Waals surface area contributed by atoms with Crippen LogP contribution in [0.25, 0.3) is 11.1 Å². The first-order chi connectivity index (χ1) is 14.1. The smallest absolute Gasteiger partial charge is 0.213 e. The van der Waals surface area contributed by atoms with Crippen molar-refractivity contribution in [3.63, 3.8) is 0 Å². The lowest BCUT2D eigenvalue weighted by molar-refractivity contribution is -0.107. The Kier molecular flexibility index (Phi) is 6.29. The molecule has 0 atom stereocenters. The Morgan fingerprint density at radius 1 is 1.00 bits per heavy atom. The summed E-state index contributed by atoms with van der Waals surface area (Å²) >= 11 is 0. The van der Waals surface area contributed by atoms with Gasteiger partial charge in [-0.15, -0.1) is 0 Å². The number of Topliss-reactive ketones (excluding diaryl/α,β-unsaturated/α-hetero) is 1.